The maximum atomic E-state index is 14.2. The van der Waals surface area contributed by atoms with Crippen molar-refractivity contribution in [2.75, 3.05) is 27.9 Å². The van der Waals surface area contributed by atoms with Crippen molar-refractivity contribution in [3.8, 4) is 22.9 Å². The number of methoxy groups -OCH3 is 3. The minimum atomic E-state index is -0.483. The first-order valence-electron chi connectivity index (χ1n) is 13.5. The van der Waals surface area contributed by atoms with E-state index in [-0.39, 0.29) is 11.5 Å². The topological polar surface area (TPSA) is 82.9 Å². The van der Waals surface area contributed by atoms with E-state index < -0.39 is 6.04 Å². The normalized spacial score (nSPS) is 11.9. The molecule has 0 bridgehead atoms. The van der Waals surface area contributed by atoms with Crippen molar-refractivity contribution in [1.82, 2.24) is 14.5 Å². The van der Waals surface area contributed by atoms with Gasteiger partial charge < -0.3 is 19.1 Å². The van der Waals surface area contributed by atoms with E-state index in [0.29, 0.717) is 64.1 Å². The molecule has 0 aliphatic rings. The highest BCUT2D eigenvalue weighted by Gasteiger charge is 2.30. The number of hydrogen-bond acceptors (Lipinski definition) is 6. The highest BCUT2D eigenvalue weighted by atomic mass is 16.5. The Kier molecular flexibility index (Phi) is 9.09. The number of rotatable bonds is 11. The number of benzene rings is 3. The zero-order valence-electron chi connectivity index (χ0n) is 24.0. The largest absolute Gasteiger partial charge is 0.497 e. The van der Waals surface area contributed by atoms with Crippen LogP contribution < -0.4 is 19.8 Å². The van der Waals surface area contributed by atoms with Gasteiger partial charge in [0, 0.05) is 18.2 Å². The van der Waals surface area contributed by atoms with Crippen LogP contribution in [0.15, 0.2) is 71.5 Å². The van der Waals surface area contributed by atoms with Crippen molar-refractivity contribution in [3.05, 3.63) is 88.5 Å². The van der Waals surface area contributed by atoms with Gasteiger partial charge in [-0.3, -0.25) is 14.2 Å². The summed E-state index contributed by atoms with van der Waals surface area (Å²) in [5.41, 5.74) is 1.49. The van der Waals surface area contributed by atoms with Crippen molar-refractivity contribution >= 4 is 16.8 Å². The maximum Gasteiger partial charge on any atom is 0.266 e. The van der Waals surface area contributed by atoms with Gasteiger partial charge in [-0.05, 0) is 67.3 Å². The van der Waals surface area contributed by atoms with Gasteiger partial charge in [0.25, 0.3) is 11.5 Å². The van der Waals surface area contributed by atoms with Crippen LogP contribution >= 0.6 is 0 Å². The summed E-state index contributed by atoms with van der Waals surface area (Å²) in [7, 11) is 4.71. The number of hydrogen-bond donors (Lipinski definition) is 0. The molecule has 40 heavy (non-hydrogen) atoms. The molecule has 0 radical (unpaired) electrons. The van der Waals surface area contributed by atoms with Gasteiger partial charge in [-0.15, -0.1) is 0 Å². The van der Waals surface area contributed by atoms with Gasteiger partial charge in [0.05, 0.1) is 44.0 Å². The van der Waals surface area contributed by atoms with Crippen molar-refractivity contribution in [3.63, 3.8) is 0 Å². The first kappa shape index (κ1) is 28.7. The van der Waals surface area contributed by atoms with Crippen molar-refractivity contribution in [2.24, 2.45) is 5.92 Å². The van der Waals surface area contributed by atoms with E-state index >= 15 is 0 Å². The van der Waals surface area contributed by atoms with Gasteiger partial charge in [0.2, 0.25) is 0 Å². The van der Waals surface area contributed by atoms with Gasteiger partial charge in [0.1, 0.15) is 23.1 Å². The molecule has 210 valence electrons. The molecule has 1 amide bonds. The number of carbonyl (C=O) groups is 1. The Bertz CT molecular complexity index is 1510. The molecule has 0 aliphatic heterocycles. The Morgan fingerprint density at radius 3 is 2.10 bits per heavy atom. The molecular formula is C32H37N3O5. The van der Waals surface area contributed by atoms with Crippen LogP contribution in [0.2, 0.25) is 0 Å². The molecular weight excluding hydrogens is 506 g/mol. The molecule has 8 heteroatoms. The summed E-state index contributed by atoms with van der Waals surface area (Å²) in [5.74, 6) is 2.41. The van der Waals surface area contributed by atoms with E-state index in [1.807, 2.05) is 54.3 Å². The van der Waals surface area contributed by atoms with Crippen LogP contribution in [0.1, 0.15) is 55.8 Å². The molecule has 1 atom stereocenters. The highest BCUT2D eigenvalue weighted by Crippen LogP contribution is 2.31. The van der Waals surface area contributed by atoms with E-state index in [0.717, 1.165) is 6.42 Å². The van der Waals surface area contributed by atoms with Gasteiger partial charge in [-0.25, -0.2) is 4.98 Å². The molecule has 0 spiro atoms. The van der Waals surface area contributed by atoms with Crippen molar-refractivity contribution in [2.45, 2.75) is 39.7 Å². The lowest BCUT2D eigenvalue weighted by molar-refractivity contribution is 0.0648. The Balaban J connectivity index is 1.93. The molecule has 4 rings (SSSR count). The van der Waals surface area contributed by atoms with E-state index in [4.69, 9.17) is 19.2 Å². The van der Waals surface area contributed by atoms with Crippen LogP contribution in [0.4, 0.5) is 0 Å². The number of fused-ring (bicyclic) bond motifs is 1. The van der Waals surface area contributed by atoms with Gasteiger partial charge in [0.15, 0.2) is 0 Å². The van der Waals surface area contributed by atoms with Crippen LogP contribution in [0.25, 0.3) is 16.6 Å². The van der Waals surface area contributed by atoms with E-state index in [2.05, 4.69) is 13.8 Å². The van der Waals surface area contributed by atoms with Crippen molar-refractivity contribution in [1.29, 1.82) is 0 Å². The SMILES string of the molecule is CCC(c1nc2ccccc2c(=O)n1-c1ccc(OC)cc1)N(CCC(C)C)C(=O)c1cc(OC)cc(OC)c1. The van der Waals surface area contributed by atoms with Crippen LogP contribution in [0.5, 0.6) is 17.2 Å². The average molecular weight is 544 g/mol. The summed E-state index contributed by atoms with van der Waals surface area (Å²) in [6.07, 6.45) is 1.33. The van der Waals surface area contributed by atoms with Gasteiger partial charge >= 0.3 is 0 Å². The molecule has 0 saturated carbocycles. The Morgan fingerprint density at radius 2 is 1.52 bits per heavy atom. The molecule has 3 aromatic carbocycles. The fourth-order valence-electron chi connectivity index (χ4n) is 4.79. The lowest BCUT2D eigenvalue weighted by Crippen LogP contribution is -2.39. The number of amides is 1. The molecule has 0 aliphatic carbocycles. The predicted octanol–water partition coefficient (Wildman–Crippen LogP) is 6.05. The monoisotopic (exact) mass is 543 g/mol. The molecule has 0 N–H and O–H groups in total. The second-order valence-corrected chi connectivity index (χ2v) is 10.0. The molecule has 1 aromatic heterocycles. The molecule has 8 nitrogen and oxygen atoms in total. The molecule has 1 unspecified atom stereocenters. The Hall–Kier alpha value is -4.33. The fourth-order valence-corrected chi connectivity index (χ4v) is 4.79. The fraction of sp³-hybridized carbons (Fsp3) is 0.344. The average Bonchev–Trinajstić information content (AvgIpc) is 2.98. The zero-order valence-corrected chi connectivity index (χ0v) is 24.0. The second kappa shape index (κ2) is 12.7. The summed E-state index contributed by atoms with van der Waals surface area (Å²) < 4.78 is 17.8. The van der Waals surface area contributed by atoms with Crippen LogP contribution in [0.3, 0.4) is 0 Å². The second-order valence-electron chi connectivity index (χ2n) is 10.0. The zero-order chi connectivity index (χ0) is 28.8. The van der Waals surface area contributed by atoms with Gasteiger partial charge in [-0.1, -0.05) is 32.9 Å². The summed E-state index contributed by atoms with van der Waals surface area (Å²) in [6, 6.07) is 19.3. The molecule has 4 aromatic rings. The minimum Gasteiger partial charge on any atom is -0.497 e. The van der Waals surface area contributed by atoms with E-state index in [1.165, 1.54) is 0 Å². The standard InChI is InChI=1S/C32H37N3O5/c1-7-29(34(17-16-21(2)3)31(36)22-18-25(39-5)20-26(19-22)40-6)30-33-28-11-9-8-10-27(28)32(37)35(30)23-12-14-24(38-4)15-13-23/h8-15,18-21,29H,7,16-17H2,1-6H3. The number of ether oxygens (including phenoxy) is 3. The third-order valence-corrected chi connectivity index (χ3v) is 7.00. The summed E-state index contributed by atoms with van der Waals surface area (Å²) in [5, 5.41) is 0.509. The first-order valence-corrected chi connectivity index (χ1v) is 13.5. The van der Waals surface area contributed by atoms with Crippen LogP contribution in [0, 0.1) is 5.92 Å². The predicted molar refractivity (Wildman–Crippen MR) is 157 cm³/mol. The first-order chi connectivity index (χ1) is 19.3. The highest BCUT2D eigenvalue weighted by molar-refractivity contribution is 5.95. The lowest BCUT2D eigenvalue weighted by Gasteiger charge is -2.33. The summed E-state index contributed by atoms with van der Waals surface area (Å²) >= 11 is 0. The minimum absolute atomic E-state index is 0.187. The molecule has 0 saturated heterocycles. The smallest absolute Gasteiger partial charge is 0.266 e. The number of carbonyl (C=O) groups excluding carboxylic acids is 1. The van der Waals surface area contributed by atoms with E-state index in [9.17, 15) is 9.59 Å². The third kappa shape index (κ3) is 5.96. The van der Waals surface area contributed by atoms with Gasteiger partial charge in [-0.2, -0.15) is 0 Å². The quantitative estimate of drug-likeness (QED) is 0.229. The summed E-state index contributed by atoms with van der Waals surface area (Å²) in [6.45, 7) is 6.74. The van der Waals surface area contributed by atoms with Crippen LogP contribution in [-0.2, 0) is 0 Å². The number of nitrogens with zero attached hydrogens (tertiary/aromatic N) is 3. The number of aromatic nitrogens is 2. The van der Waals surface area contributed by atoms with E-state index in [1.54, 1.807) is 50.2 Å². The van der Waals surface area contributed by atoms with Crippen molar-refractivity contribution < 1.29 is 19.0 Å². The maximum absolute atomic E-state index is 14.2. The number of para-hydroxylation sites is 1. The Labute approximate surface area is 235 Å². The molecule has 0 fully saturated rings. The Morgan fingerprint density at radius 1 is 0.900 bits per heavy atom. The van der Waals surface area contributed by atoms with Crippen LogP contribution in [-0.4, -0.2) is 48.2 Å². The third-order valence-electron chi connectivity index (χ3n) is 7.00. The lowest BCUT2D eigenvalue weighted by atomic mass is 10.0. The molecule has 1 heterocycles. The summed E-state index contributed by atoms with van der Waals surface area (Å²) in [4.78, 5) is 35.0.